The number of hydrogen-bond acceptors (Lipinski definition) is 6. The summed E-state index contributed by atoms with van der Waals surface area (Å²) >= 11 is 3.21. The SMILES string of the molecule is CCNc1nn2cc(-c3nc4ccccc4s3)nc2s1. The molecule has 0 bridgehead atoms. The summed E-state index contributed by atoms with van der Waals surface area (Å²) in [5.41, 5.74) is 1.90. The molecule has 3 aromatic heterocycles. The van der Waals surface area contributed by atoms with Gasteiger partial charge in [-0.2, -0.15) is 0 Å². The predicted molar refractivity (Wildman–Crippen MR) is 83.6 cm³/mol. The molecule has 0 amide bonds. The van der Waals surface area contributed by atoms with E-state index in [0.717, 1.165) is 32.9 Å². The largest absolute Gasteiger partial charge is 0.360 e. The highest BCUT2D eigenvalue weighted by Gasteiger charge is 2.12. The van der Waals surface area contributed by atoms with Crippen molar-refractivity contribution in [2.75, 3.05) is 11.9 Å². The molecule has 0 saturated heterocycles. The molecule has 3 heterocycles. The van der Waals surface area contributed by atoms with Crippen LogP contribution >= 0.6 is 22.7 Å². The fourth-order valence-corrected chi connectivity index (χ4v) is 3.78. The number of benzene rings is 1. The first kappa shape index (κ1) is 11.8. The number of aromatic nitrogens is 4. The smallest absolute Gasteiger partial charge is 0.214 e. The number of anilines is 1. The number of fused-ring (bicyclic) bond motifs is 2. The zero-order valence-corrected chi connectivity index (χ0v) is 12.3. The Balaban J connectivity index is 1.79. The Labute approximate surface area is 122 Å². The summed E-state index contributed by atoms with van der Waals surface area (Å²) in [7, 11) is 0. The first-order valence-corrected chi connectivity index (χ1v) is 7.93. The van der Waals surface area contributed by atoms with Gasteiger partial charge < -0.3 is 5.32 Å². The van der Waals surface area contributed by atoms with E-state index in [0.29, 0.717) is 0 Å². The average molecular weight is 301 g/mol. The van der Waals surface area contributed by atoms with Gasteiger partial charge in [0.05, 0.1) is 16.4 Å². The van der Waals surface area contributed by atoms with Crippen LogP contribution in [0.5, 0.6) is 0 Å². The van der Waals surface area contributed by atoms with Gasteiger partial charge in [-0.25, -0.2) is 14.5 Å². The van der Waals surface area contributed by atoms with E-state index in [1.807, 2.05) is 28.9 Å². The van der Waals surface area contributed by atoms with Crippen molar-refractivity contribution in [1.29, 1.82) is 0 Å². The Kier molecular flexibility index (Phi) is 2.68. The molecule has 4 rings (SSSR count). The third-order valence-electron chi connectivity index (χ3n) is 2.88. The van der Waals surface area contributed by atoms with Crippen molar-refractivity contribution in [2.24, 2.45) is 0 Å². The van der Waals surface area contributed by atoms with Gasteiger partial charge in [0, 0.05) is 6.54 Å². The molecule has 7 heteroatoms. The maximum atomic E-state index is 4.62. The van der Waals surface area contributed by atoms with Crippen molar-refractivity contribution in [3.8, 4) is 10.7 Å². The molecule has 0 aliphatic carbocycles. The van der Waals surface area contributed by atoms with Gasteiger partial charge in [0.25, 0.3) is 0 Å². The van der Waals surface area contributed by atoms with Crippen molar-refractivity contribution in [2.45, 2.75) is 6.92 Å². The van der Waals surface area contributed by atoms with E-state index in [-0.39, 0.29) is 0 Å². The van der Waals surface area contributed by atoms with Crippen LogP contribution in [0.2, 0.25) is 0 Å². The zero-order chi connectivity index (χ0) is 13.5. The second kappa shape index (κ2) is 4.53. The molecule has 5 nitrogen and oxygen atoms in total. The predicted octanol–water partition coefficient (Wildman–Crippen LogP) is 3.50. The lowest BCUT2D eigenvalue weighted by Crippen LogP contribution is -1.95. The van der Waals surface area contributed by atoms with E-state index in [2.05, 4.69) is 33.4 Å². The number of hydrogen-bond donors (Lipinski definition) is 1. The minimum Gasteiger partial charge on any atom is -0.360 e. The maximum Gasteiger partial charge on any atom is 0.214 e. The second-order valence-corrected chi connectivity index (χ2v) is 6.26. The van der Waals surface area contributed by atoms with E-state index >= 15 is 0 Å². The molecule has 0 aliphatic rings. The number of imidazole rings is 1. The van der Waals surface area contributed by atoms with Gasteiger partial charge in [0.15, 0.2) is 0 Å². The minimum atomic E-state index is 0.862. The number of para-hydroxylation sites is 1. The van der Waals surface area contributed by atoms with Gasteiger partial charge in [0.1, 0.15) is 10.7 Å². The van der Waals surface area contributed by atoms with E-state index in [1.54, 1.807) is 22.7 Å². The topological polar surface area (TPSA) is 55.1 Å². The Morgan fingerprint density at radius 2 is 2.10 bits per heavy atom. The summed E-state index contributed by atoms with van der Waals surface area (Å²) in [6.07, 6.45) is 1.93. The zero-order valence-electron chi connectivity index (χ0n) is 10.7. The maximum absolute atomic E-state index is 4.62. The first-order chi connectivity index (χ1) is 9.83. The normalized spacial score (nSPS) is 11.4. The third-order valence-corrected chi connectivity index (χ3v) is 4.82. The molecular weight excluding hydrogens is 290 g/mol. The van der Waals surface area contributed by atoms with Crippen LogP contribution in [0, 0.1) is 0 Å². The molecular formula is C13H11N5S2. The number of nitrogens with one attached hydrogen (secondary N) is 1. The Hall–Kier alpha value is -1.99. The fraction of sp³-hybridized carbons (Fsp3) is 0.154. The Bertz CT molecular complexity index is 824. The molecule has 100 valence electrons. The molecule has 0 saturated carbocycles. The summed E-state index contributed by atoms with van der Waals surface area (Å²) in [5.74, 6) is 0. The van der Waals surface area contributed by atoms with Gasteiger partial charge in [-0.05, 0) is 19.1 Å². The van der Waals surface area contributed by atoms with Crippen LogP contribution in [0.1, 0.15) is 6.92 Å². The van der Waals surface area contributed by atoms with Gasteiger partial charge in [0.2, 0.25) is 10.1 Å². The summed E-state index contributed by atoms with van der Waals surface area (Å²) in [6.45, 7) is 2.91. The highest BCUT2D eigenvalue weighted by atomic mass is 32.1. The van der Waals surface area contributed by atoms with Gasteiger partial charge in [-0.3, -0.25) is 0 Å². The Morgan fingerprint density at radius 1 is 1.20 bits per heavy atom. The number of nitrogens with zero attached hydrogens (tertiary/aromatic N) is 4. The molecule has 20 heavy (non-hydrogen) atoms. The monoisotopic (exact) mass is 301 g/mol. The quantitative estimate of drug-likeness (QED) is 0.629. The van der Waals surface area contributed by atoms with Crippen LogP contribution in [-0.2, 0) is 0 Å². The van der Waals surface area contributed by atoms with Crippen LogP contribution in [0.25, 0.3) is 25.9 Å². The second-order valence-electron chi connectivity index (χ2n) is 4.28. The molecule has 0 spiro atoms. The molecule has 0 fully saturated rings. The fourth-order valence-electron chi connectivity index (χ4n) is 2.01. The summed E-state index contributed by atoms with van der Waals surface area (Å²) in [4.78, 5) is 10.1. The highest BCUT2D eigenvalue weighted by Crippen LogP contribution is 2.30. The summed E-state index contributed by atoms with van der Waals surface area (Å²) in [5, 5.41) is 9.47. The lowest BCUT2D eigenvalue weighted by atomic mass is 10.3. The number of rotatable bonds is 3. The van der Waals surface area contributed by atoms with Crippen molar-refractivity contribution in [3.63, 3.8) is 0 Å². The van der Waals surface area contributed by atoms with Crippen LogP contribution in [0.15, 0.2) is 30.5 Å². The molecule has 0 atom stereocenters. The van der Waals surface area contributed by atoms with Crippen molar-refractivity contribution in [3.05, 3.63) is 30.5 Å². The van der Waals surface area contributed by atoms with Crippen molar-refractivity contribution >= 4 is 43.0 Å². The first-order valence-electron chi connectivity index (χ1n) is 6.29. The van der Waals surface area contributed by atoms with Crippen molar-refractivity contribution < 1.29 is 0 Å². The Morgan fingerprint density at radius 3 is 2.90 bits per heavy atom. The van der Waals surface area contributed by atoms with E-state index in [1.165, 1.54) is 4.70 Å². The summed E-state index contributed by atoms with van der Waals surface area (Å²) in [6, 6.07) is 8.13. The third kappa shape index (κ3) is 1.86. The molecule has 0 unspecified atom stereocenters. The standard InChI is InChI=1S/C13H11N5S2/c1-2-14-12-17-18-7-9(16-13(18)20-12)11-15-8-5-3-4-6-10(8)19-11/h3-7H,2H2,1H3,(H,14,17). The lowest BCUT2D eigenvalue weighted by molar-refractivity contribution is 0.967. The van der Waals surface area contributed by atoms with Crippen LogP contribution in [0.3, 0.4) is 0 Å². The van der Waals surface area contributed by atoms with Gasteiger partial charge in [-0.1, -0.05) is 23.5 Å². The minimum absolute atomic E-state index is 0.862. The van der Waals surface area contributed by atoms with Crippen LogP contribution in [-0.4, -0.2) is 26.1 Å². The molecule has 4 aromatic rings. The molecule has 1 aromatic carbocycles. The summed E-state index contributed by atoms with van der Waals surface area (Å²) < 4.78 is 2.99. The molecule has 1 N–H and O–H groups in total. The van der Waals surface area contributed by atoms with E-state index in [4.69, 9.17) is 0 Å². The van der Waals surface area contributed by atoms with Crippen molar-refractivity contribution in [1.82, 2.24) is 19.6 Å². The highest BCUT2D eigenvalue weighted by molar-refractivity contribution is 7.22. The van der Waals surface area contributed by atoms with E-state index < -0.39 is 0 Å². The average Bonchev–Trinajstić information content (AvgIpc) is 3.09. The van der Waals surface area contributed by atoms with Crippen LogP contribution < -0.4 is 5.32 Å². The van der Waals surface area contributed by atoms with Crippen LogP contribution in [0.4, 0.5) is 5.13 Å². The van der Waals surface area contributed by atoms with E-state index in [9.17, 15) is 0 Å². The molecule has 0 radical (unpaired) electrons. The van der Waals surface area contributed by atoms with Gasteiger partial charge >= 0.3 is 0 Å². The molecule has 0 aliphatic heterocycles. The lowest BCUT2D eigenvalue weighted by Gasteiger charge is -1.92. The number of thiazole rings is 1. The van der Waals surface area contributed by atoms with Gasteiger partial charge in [-0.15, -0.1) is 16.4 Å².